The van der Waals surface area contributed by atoms with Gasteiger partial charge in [-0.15, -0.1) is 0 Å². The molecule has 82 valence electrons. The third-order valence-corrected chi connectivity index (χ3v) is 5.69. The van der Waals surface area contributed by atoms with Crippen LogP contribution in [0.1, 0.15) is 0 Å². The van der Waals surface area contributed by atoms with Gasteiger partial charge in [-0.1, -0.05) is 30.3 Å². The number of hydrogen-bond acceptors (Lipinski definition) is 1. The van der Waals surface area contributed by atoms with Gasteiger partial charge in [-0.2, -0.15) is 0 Å². The van der Waals surface area contributed by atoms with Crippen LogP contribution in [-0.2, 0) is 4.57 Å². The Morgan fingerprint density at radius 2 is 1.50 bits per heavy atom. The second kappa shape index (κ2) is 4.70. The Morgan fingerprint density at radius 3 is 2.12 bits per heavy atom. The lowest BCUT2D eigenvalue weighted by Gasteiger charge is -2.13. The Balaban J connectivity index is 2.56. The molecule has 0 bridgehead atoms. The van der Waals surface area contributed by atoms with Gasteiger partial charge >= 0.3 is 0 Å². The SMILES string of the molecule is O=P(O)(c1ccccc1)c1ccccc1I. The zero-order valence-corrected chi connectivity index (χ0v) is 11.4. The van der Waals surface area contributed by atoms with Crippen LogP contribution in [0.2, 0.25) is 0 Å². The highest BCUT2D eigenvalue weighted by Crippen LogP contribution is 2.39. The average Bonchev–Trinajstić information content (AvgIpc) is 2.30. The van der Waals surface area contributed by atoms with Crippen LogP contribution < -0.4 is 10.6 Å². The van der Waals surface area contributed by atoms with Gasteiger partial charge in [0.2, 0.25) is 0 Å². The van der Waals surface area contributed by atoms with Crippen molar-refractivity contribution >= 4 is 40.6 Å². The van der Waals surface area contributed by atoms with Gasteiger partial charge < -0.3 is 4.89 Å². The summed E-state index contributed by atoms with van der Waals surface area (Å²) in [5.74, 6) is 0. The molecule has 1 N–H and O–H groups in total. The van der Waals surface area contributed by atoms with E-state index in [1.165, 1.54) is 0 Å². The standard InChI is InChI=1S/C12H10IO2P/c13-11-8-4-5-9-12(11)16(14,15)10-6-2-1-3-7-10/h1-9H,(H,14,15). The van der Waals surface area contributed by atoms with Crippen molar-refractivity contribution in [2.45, 2.75) is 0 Å². The monoisotopic (exact) mass is 344 g/mol. The molecule has 0 aliphatic rings. The Bertz CT molecular complexity index is 540. The number of hydrogen-bond donors (Lipinski definition) is 1. The average molecular weight is 344 g/mol. The molecule has 0 aromatic heterocycles. The first-order valence-electron chi connectivity index (χ1n) is 4.76. The first-order valence-corrected chi connectivity index (χ1v) is 7.50. The summed E-state index contributed by atoms with van der Waals surface area (Å²) in [6.45, 7) is 0. The van der Waals surface area contributed by atoms with Crippen molar-refractivity contribution in [2.75, 3.05) is 0 Å². The van der Waals surface area contributed by atoms with Gasteiger partial charge in [0, 0.05) is 8.87 Å². The summed E-state index contributed by atoms with van der Waals surface area (Å²) >= 11 is 2.08. The van der Waals surface area contributed by atoms with Crippen molar-refractivity contribution in [3.63, 3.8) is 0 Å². The largest absolute Gasteiger partial charge is 0.338 e. The Morgan fingerprint density at radius 1 is 0.938 bits per heavy atom. The first kappa shape index (κ1) is 11.8. The van der Waals surface area contributed by atoms with Gasteiger partial charge in [0.25, 0.3) is 7.37 Å². The predicted octanol–water partition coefficient (Wildman–Crippen LogP) is 2.51. The molecule has 0 radical (unpaired) electrons. The summed E-state index contributed by atoms with van der Waals surface area (Å²) in [5.41, 5.74) is 0. The molecule has 1 atom stereocenters. The fourth-order valence-corrected chi connectivity index (χ4v) is 4.34. The molecule has 0 heterocycles. The molecule has 4 heteroatoms. The van der Waals surface area contributed by atoms with E-state index >= 15 is 0 Å². The van der Waals surface area contributed by atoms with Crippen LogP contribution in [0.3, 0.4) is 0 Å². The topological polar surface area (TPSA) is 37.3 Å². The van der Waals surface area contributed by atoms with Crippen LogP contribution in [0.15, 0.2) is 54.6 Å². The van der Waals surface area contributed by atoms with E-state index < -0.39 is 7.37 Å². The lowest BCUT2D eigenvalue weighted by molar-refractivity contribution is 0.501. The molecule has 2 aromatic rings. The van der Waals surface area contributed by atoms with Crippen LogP contribution in [-0.4, -0.2) is 4.89 Å². The number of halogens is 1. The van der Waals surface area contributed by atoms with Crippen LogP contribution >= 0.6 is 30.0 Å². The summed E-state index contributed by atoms with van der Waals surface area (Å²) in [6, 6.07) is 15.9. The van der Waals surface area contributed by atoms with Crippen LogP contribution in [0.5, 0.6) is 0 Å². The molecule has 0 spiro atoms. The van der Waals surface area contributed by atoms with Crippen molar-refractivity contribution in [3.05, 3.63) is 58.2 Å². The summed E-state index contributed by atoms with van der Waals surface area (Å²) in [7, 11) is -3.44. The second-order valence-electron chi connectivity index (χ2n) is 3.36. The first-order chi connectivity index (χ1) is 7.62. The maximum atomic E-state index is 12.4. The number of rotatable bonds is 2. The van der Waals surface area contributed by atoms with Crippen LogP contribution in [0.4, 0.5) is 0 Å². The fraction of sp³-hybridized carbons (Fsp3) is 0. The van der Waals surface area contributed by atoms with Crippen molar-refractivity contribution in [1.29, 1.82) is 0 Å². The zero-order chi connectivity index (χ0) is 11.6. The molecule has 0 saturated carbocycles. The molecule has 16 heavy (non-hydrogen) atoms. The van der Waals surface area contributed by atoms with E-state index in [1.54, 1.807) is 36.4 Å². The fourth-order valence-electron chi connectivity index (χ4n) is 1.47. The molecule has 1 unspecified atom stereocenters. The van der Waals surface area contributed by atoms with Crippen molar-refractivity contribution < 1.29 is 9.46 Å². The van der Waals surface area contributed by atoms with Crippen LogP contribution in [0, 0.1) is 3.57 Å². The minimum atomic E-state index is -3.44. The Labute approximate surface area is 108 Å². The molecule has 2 rings (SSSR count). The lowest BCUT2D eigenvalue weighted by Crippen LogP contribution is -2.17. The third kappa shape index (κ3) is 2.21. The summed E-state index contributed by atoms with van der Waals surface area (Å²) < 4.78 is 13.2. The summed E-state index contributed by atoms with van der Waals surface area (Å²) in [5, 5.41) is 0.973. The van der Waals surface area contributed by atoms with Gasteiger partial charge in [0.15, 0.2) is 0 Å². The number of benzene rings is 2. The van der Waals surface area contributed by atoms with E-state index in [9.17, 15) is 9.46 Å². The molecular weight excluding hydrogens is 334 g/mol. The molecular formula is C12H10IO2P. The maximum Gasteiger partial charge on any atom is 0.259 e. The van der Waals surface area contributed by atoms with Crippen molar-refractivity contribution in [1.82, 2.24) is 0 Å². The van der Waals surface area contributed by atoms with E-state index in [1.807, 2.05) is 18.2 Å². The van der Waals surface area contributed by atoms with E-state index in [4.69, 9.17) is 0 Å². The smallest absolute Gasteiger partial charge is 0.259 e. The van der Waals surface area contributed by atoms with Gasteiger partial charge in [0.1, 0.15) is 0 Å². The van der Waals surface area contributed by atoms with E-state index in [0.29, 0.717) is 10.6 Å². The molecule has 0 amide bonds. The quantitative estimate of drug-likeness (QED) is 0.672. The zero-order valence-electron chi connectivity index (χ0n) is 8.38. The van der Waals surface area contributed by atoms with Crippen molar-refractivity contribution in [2.24, 2.45) is 0 Å². The molecule has 0 fully saturated rings. The minimum Gasteiger partial charge on any atom is -0.338 e. The Kier molecular flexibility index (Phi) is 3.47. The molecule has 2 aromatic carbocycles. The summed E-state index contributed by atoms with van der Waals surface area (Å²) in [6.07, 6.45) is 0. The maximum absolute atomic E-state index is 12.4. The van der Waals surface area contributed by atoms with Crippen LogP contribution in [0.25, 0.3) is 0 Å². The summed E-state index contributed by atoms with van der Waals surface area (Å²) in [4.78, 5) is 10.2. The van der Waals surface area contributed by atoms with Gasteiger partial charge in [0.05, 0.1) is 5.30 Å². The predicted molar refractivity (Wildman–Crippen MR) is 74.7 cm³/mol. The highest BCUT2D eigenvalue weighted by molar-refractivity contribution is 14.1. The van der Waals surface area contributed by atoms with E-state index in [0.717, 1.165) is 3.57 Å². The molecule has 0 aliphatic heterocycles. The van der Waals surface area contributed by atoms with E-state index in [2.05, 4.69) is 22.6 Å². The molecule has 0 saturated heterocycles. The third-order valence-electron chi connectivity index (χ3n) is 2.29. The van der Waals surface area contributed by atoms with Crippen molar-refractivity contribution in [3.8, 4) is 0 Å². The van der Waals surface area contributed by atoms with E-state index in [-0.39, 0.29) is 0 Å². The van der Waals surface area contributed by atoms with Gasteiger partial charge in [-0.05, 0) is 46.9 Å². The minimum absolute atomic E-state index is 0.471. The Hall–Kier alpha value is -0.640. The van der Waals surface area contributed by atoms with Gasteiger partial charge in [-0.25, -0.2) is 0 Å². The highest BCUT2D eigenvalue weighted by atomic mass is 127. The lowest BCUT2D eigenvalue weighted by atomic mass is 10.4. The molecule has 0 aliphatic carbocycles. The van der Waals surface area contributed by atoms with Gasteiger partial charge in [-0.3, -0.25) is 4.57 Å². The highest BCUT2D eigenvalue weighted by Gasteiger charge is 2.25. The molecule has 2 nitrogen and oxygen atoms in total. The second-order valence-corrected chi connectivity index (χ2v) is 6.68. The normalized spacial score (nSPS) is 14.4.